The largest absolute Gasteiger partial charge is 0.379 e. The smallest absolute Gasteiger partial charge is 0.164 e. The first kappa shape index (κ1) is 15.6. The summed E-state index contributed by atoms with van der Waals surface area (Å²) in [6.45, 7) is 7.15. The summed E-state index contributed by atoms with van der Waals surface area (Å²) in [6, 6.07) is 16.6. The Hall–Kier alpha value is -1.97. The Morgan fingerprint density at radius 3 is 2.00 bits per heavy atom. The Morgan fingerprint density at radius 2 is 1.46 bits per heavy atom. The van der Waals surface area contributed by atoms with E-state index in [4.69, 9.17) is 4.74 Å². The number of rotatable bonds is 3. The summed E-state index contributed by atoms with van der Waals surface area (Å²) >= 11 is 0. The maximum Gasteiger partial charge on any atom is 0.164 e. The number of hydrogen-bond acceptors (Lipinski definition) is 3. The molecule has 1 saturated heterocycles. The second kappa shape index (κ2) is 5.83. The molecular weight excluding hydrogens is 298 g/mol. The Kier molecular flexibility index (Phi) is 3.78. The topological polar surface area (TPSA) is 29.5 Å². The lowest BCUT2D eigenvalue weighted by Crippen LogP contribution is -2.55. The van der Waals surface area contributed by atoms with Gasteiger partial charge in [0.15, 0.2) is 5.78 Å². The first-order chi connectivity index (χ1) is 11.6. The second-order valence-electron chi connectivity index (χ2n) is 7.13. The molecule has 0 spiro atoms. The summed E-state index contributed by atoms with van der Waals surface area (Å²) in [6.07, 6.45) is 0. The lowest BCUT2D eigenvalue weighted by molar-refractivity contribution is -0.132. The van der Waals surface area contributed by atoms with Crippen LogP contribution in [0.25, 0.3) is 11.1 Å². The van der Waals surface area contributed by atoms with Crippen LogP contribution in [0.5, 0.6) is 0 Å². The lowest BCUT2D eigenvalue weighted by atomic mass is 9.81. The summed E-state index contributed by atoms with van der Waals surface area (Å²) < 4.78 is 5.46. The molecule has 0 bridgehead atoms. The van der Waals surface area contributed by atoms with Gasteiger partial charge in [0, 0.05) is 13.1 Å². The first-order valence-corrected chi connectivity index (χ1v) is 8.66. The van der Waals surface area contributed by atoms with Crippen LogP contribution in [-0.2, 0) is 9.53 Å². The lowest BCUT2D eigenvalue weighted by Gasteiger charge is -2.41. The fourth-order valence-electron chi connectivity index (χ4n) is 4.07. The van der Waals surface area contributed by atoms with E-state index in [-0.39, 0.29) is 11.7 Å². The third kappa shape index (κ3) is 2.31. The molecule has 2 aliphatic rings. The maximum absolute atomic E-state index is 13.6. The first-order valence-electron chi connectivity index (χ1n) is 8.66. The molecule has 0 aromatic heterocycles. The average molecular weight is 321 g/mol. The van der Waals surface area contributed by atoms with Crippen molar-refractivity contribution in [3.8, 4) is 11.1 Å². The van der Waals surface area contributed by atoms with Gasteiger partial charge >= 0.3 is 0 Å². The van der Waals surface area contributed by atoms with Gasteiger partial charge < -0.3 is 4.74 Å². The summed E-state index contributed by atoms with van der Waals surface area (Å²) in [5.41, 5.74) is 4.18. The van der Waals surface area contributed by atoms with Crippen LogP contribution in [0, 0.1) is 0 Å². The third-order valence-electron chi connectivity index (χ3n) is 5.50. The number of carbonyl (C=O) groups is 1. The van der Waals surface area contributed by atoms with Crippen LogP contribution in [0.4, 0.5) is 0 Å². The highest BCUT2D eigenvalue weighted by Gasteiger charge is 2.43. The van der Waals surface area contributed by atoms with E-state index in [9.17, 15) is 4.79 Å². The molecule has 0 N–H and O–H groups in total. The van der Waals surface area contributed by atoms with Gasteiger partial charge in [-0.25, -0.2) is 0 Å². The van der Waals surface area contributed by atoms with Gasteiger partial charge in [0.25, 0.3) is 0 Å². The normalized spacial score (nSPS) is 18.2. The Morgan fingerprint density at radius 1 is 0.958 bits per heavy atom. The van der Waals surface area contributed by atoms with Gasteiger partial charge in [-0.3, -0.25) is 9.69 Å². The van der Waals surface area contributed by atoms with Gasteiger partial charge in [-0.15, -0.1) is 0 Å². The zero-order valence-corrected chi connectivity index (χ0v) is 14.3. The minimum Gasteiger partial charge on any atom is -0.379 e. The van der Waals surface area contributed by atoms with Crippen LogP contribution in [0.3, 0.4) is 0 Å². The van der Waals surface area contributed by atoms with Crippen molar-refractivity contribution in [2.24, 2.45) is 0 Å². The van der Waals surface area contributed by atoms with Crippen molar-refractivity contribution in [2.45, 2.75) is 25.3 Å². The van der Waals surface area contributed by atoms with Gasteiger partial charge in [0.05, 0.1) is 24.7 Å². The van der Waals surface area contributed by atoms with Crippen LogP contribution in [-0.4, -0.2) is 42.5 Å². The number of fused-ring (bicyclic) bond motifs is 3. The highest BCUT2D eigenvalue weighted by Crippen LogP contribution is 2.46. The Bertz CT molecular complexity index is 729. The molecule has 24 heavy (non-hydrogen) atoms. The third-order valence-corrected chi connectivity index (χ3v) is 5.50. The number of morpholine rings is 1. The molecular formula is C21H23NO2. The van der Waals surface area contributed by atoms with Crippen LogP contribution in [0.2, 0.25) is 0 Å². The number of ether oxygens (including phenoxy) is 1. The molecule has 0 unspecified atom stereocenters. The molecule has 0 amide bonds. The molecule has 2 aromatic rings. The molecule has 0 saturated carbocycles. The zero-order valence-electron chi connectivity index (χ0n) is 14.3. The standard InChI is InChI=1S/C21H23NO2/c1-21(2,22-11-13-24-14-12-22)20(23)19-17-9-5-3-7-15(17)16-8-4-6-10-18(16)19/h3-10,19H,11-14H2,1-2H3. The Balaban J connectivity index is 1.77. The number of carbonyl (C=O) groups excluding carboxylic acids is 1. The fourth-order valence-corrected chi connectivity index (χ4v) is 4.07. The van der Waals surface area contributed by atoms with Crippen molar-refractivity contribution >= 4 is 5.78 Å². The number of Topliss-reactive ketones (excluding diaryl/α,β-unsaturated/α-hetero) is 1. The summed E-state index contributed by atoms with van der Waals surface area (Å²) in [4.78, 5) is 15.9. The van der Waals surface area contributed by atoms with Crippen molar-refractivity contribution < 1.29 is 9.53 Å². The fraction of sp³-hybridized carbons (Fsp3) is 0.381. The van der Waals surface area contributed by atoms with Gasteiger partial charge in [0.2, 0.25) is 0 Å². The minimum atomic E-state index is -0.501. The van der Waals surface area contributed by atoms with E-state index in [1.54, 1.807) is 0 Å². The number of nitrogens with zero attached hydrogens (tertiary/aromatic N) is 1. The van der Waals surface area contributed by atoms with E-state index in [0.29, 0.717) is 13.2 Å². The van der Waals surface area contributed by atoms with E-state index in [0.717, 1.165) is 24.2 Å². The molecule has 3 nitrogen and oxygen atoms in total. The zero-order chi connectivity index (χ0) is 16.7. The molecule has 2 aromatic carbocycles. The highest BCUT2D eigenvalue weighted by molar-refractivity contribution is 6.02. The van der Waals surface area contributed by atoms with E-state index in [1.165, 1.54) is 11.1 Å². The van der Waals surface area contributed by atoms with Crippen LogP contribution >= 0.6 is 0 Å². The van der Waals surface area contributed by atoms with E-state index in [1.807, 2.05) is 12.1 Å². The molecule has 1 aliphatic carbocycles. The van der Waals surface area contributed by atoms with Gasteiger partial charge in [-0.05, 0) is 36.1 Å². The van der Waals surface area contributed by atoms with Crippen molar-refractivity contribution in [3.63, 3.8) is 0 Å². The molecule has 0 atom stereocenters. The molecule has 3 heteroatoms. The van der Waals surface area contributed by atoms with Crippen molar-refractivity contribution in [2.75, 3.05) is 26.3 Å². The summed E-state index contributed by atoms with van der Waals surface area (Å²) in [7, 11) is 0. The van der Waals surface area contributed by atoms with E-state index in [2.05, 4.69) is 55.1 Å². The minimum absolute atomic E-state index is 0.171. The van der Waals surface area contributed by atoms with Crippen molar-refractivity contribution in [3.05, 3.63) is 59.7 Å². The predicted octanol–water partition coefficient (Wildman–Crippen LogP) is 3.48. The maximum atomic E-state index is 13.6. The molecule has 1 heterocycles. The van der Waals surface area contributed by atoms with Gasteiger partial charge in [-0.2, -0.15) is 0 Å². The predicted molar refractivity (Wildman–Crippen MR) is 95.2 cm³/mol. The molecule has 124 valence electrons. The number of ketones is 1. The quantitative estimate of drug-likeness (QED) is 0.867. The average Bonchev–Trinajstić information content (AvgIpc) is 2.96. The molecule has 0 radical (unpaired) electrons. The summed E-state index contributed by atoms with van der Waals surface area (Å²) in [5.74, 6) is 0.108. The van der Waals surface area contributed by atoms with E-state index >= 15 is 0 Å². The Labute approximate surface area is 143 Å². The van der Waals surface area contributed by atoms with Crippen molar-refractivity contribution in [1.29, 1.82) is 0 Å². The molecule has 1 aliphatic heterocycles. The van der Waals surface area contributed by atoms with Gasteiger partial charge in [0.1, 0.15) is 0 Å². The number of hydrogen-bond donors (Lipinski definition) is 0. The molecule has 1 fully saturated rings. The second-order valence-corrected chi connectivity index (χ2v) is 7.13. The van der Waals surface area contributed by atoms with Crippen LogP contribution in [0.1, 0.15) is 30.9 Å². The molecule has 4 rings (SSSR count). The monoisotopic (exact) mass is 321 g/mol. The van der Waals surface area contributed by atoms with Crippen LogP contribution in [0.15, 0.2) is 48.5 Å². The SMILES string of the molecule is CC(C)(C(=O)C1c2ccccc2-c2ccccc21)N1CCOCC1. The highest BCUT2D eigenvalue weighted by atomic mass is 16.5. The van der Waals surface area contributed by atoms with Gasteiger partial charge in [-0.1, -0.05) is 48.5 Å². The number of benzene rings is 2. The van der Waals surface area contributed by atoms with E-state index < -0.39 is 5.54 Å². The van der Waals surface area contributed by atoms with Crippen molar-refractivity contribution in [1.82, 2.24) is 4.90 Å². The van der Waals surface area contributed by atoms with Crippen LogP contribution < -0.4 is 0 Å². The summed E-state index contributed by atoms with van der Waals surface area (Å²) in [5, 5.41) is 0.